The lowest BCUT2D eigenvalue weighted by molar-refractivity contribution is -0.125. The van der Waals surface area contributed by atoms with Gasteiger partial charge in [0.2, 0.25) is 0 Å². The van der Waals surface area contributed by atoms with Crippen LogP contribution in [0.15, 0.2) is 4.99 Å². The van der Waals surface area contributed by atoms with Crippen LogP contribution in [0.4, 0.5) is 0 Å². The number of fused-ring (bicyclic) bond motifs is 2. The van der Waals surface area contributed by atoms with Gasteiger partial charge in [0.25, 0.3) is 0 Å². The van der Waals surface area contributed by atoms with Gasteiger partial charge in [-0.1, -0.05) is 12.8 Å². The number of rotatable bonds is 3. The van der Waals surface area contributed by atoms with Crippen molar-refractivity contribution in [2.75, 3.05) is 33.4 Å². The van der Waals surface area contributed by atoms with Gasteiger partial charge in [0, 0.05) is 50.1 Å². The molecule has 2 saturated heterocycles. The van der Waals surface area contributed by atoms with Crippen LogP contribution in [-0.2, 0) is 9.47 Å². The summed E-state index contributed by atoms with van der Waals surface area (Å²) in [5, 5.41) is 7.26. The molecule has 0 radical (unpaired) electrons. The van der Waals surface area contributed by atoms with E-state index >= 15 is 0 Å². The number of nitrogens with one attached hydrogen (secondary N) is 2. The minimum atomic E-state index is 0. The largest absolute Gasteiger partial charge is 0.381 e. The SMILES string of the molecule is CN=C(NCC1CCOC1)NC1C2CCOC2C12CCCC2.I. The van der Waals surface area contributed by atoms with Gasteiger partial charge < -0.3 is 20.1 Å². The second-order valence-electron chi connectivity index (χ2n) is 7.49. The third kappa shape index (κ3) is 3.11. The average Bonchev–Trinajstić information content (AvgIpc) is 3.27. The van der Waals surface area contributed by atoms with Crippen molar-refractivity contribution in [3.8, 4) is 0 Å². The standard InChI is InChI=1S/C17H29N3O2.HI/c1-18-16(19-10-12-4-8-21-11-12)20-14-13-5-9-22-15(13)17(14)6-2-3-7-17;/h12-15H,2-11H2,1H3,(H2,18,19,20);1H. The molecule has 2 aliphatic carbocycles. The summed E-state index contributed by atoms with van der Waals surface area (Å²) < 4.78 is 11.5. The predicted molar refractivity (Wildman–Crippen MR) is 101 cm³/mol. The number of ether oxygens (including phenoxy) is 2. The number of guanidine groups is 1. The summed E-state index contributed by atoms with van der Waals surface area (Å²) in [6.45, 7) is 3.70. The highest BCUT2D eigenvalue weighted by atomic mass is 127. The Hall–Kier alpha value is -0.0800. The highest BCUT2D eigenvalue weighted by Gasteiger charge is 2.65. The molecule has 2 N–H and O–H groups in total. The van der Waals surface area contributed by atoms with Gasteiger partial charge in [0.1, 0.15) is 0 Å². The van der Waals surface area contributed by atoms with Crippen molar-refractivity contribution in [1.29, 1.82) is 0 Å². The van der Waals surface area contributed by atoms with E-state index in [4.69, 9.17) is 9.47 Å². The zero-order chi connectivity index (χ0) is 15.0. The van der Waals surface area contributed by atoms with Gasteiger partial charge in [0.05, 0.1) is 12.7 Å². The summed E-state index contributed by atoms with van der Waals surface area (Å²) in [5.41, 5.74) is 0.384. The van der Waals surface area contributed by atoms with E-state index in [1.807, 2.05) is 7.05 Å². The Bertz CT molecular complexity index is 434. The summed E-state index contributed by atoms with van der Waals surface area (Å²) in [6.07, 6.45) is 8.23. The smallest absolute Gasteiger partial charge is 0.191 e. The van der Waals surface area contributed by atoms with E-state index in [-0.39, 0.29) is 24.0 Å². The predicted octanol–water partition coefficient (Wildman–Crippen LogP) is 2.15. The first-order valence-electron chi connectivity index (χ1n) is 9.00. The van der Waals surface area contributed by atoms with Gasteiger partial charge in [-0.2, -0.15) is 0 Å². The Morgan fingerprint density at radius 2 is 2.04 bits per heavy atom. The average molecular weight is 435 g/mol. The highest BCUT2D eigenvalue weighted by molar-refractivity contribution is 14.0. The van der Waals surface area contributed by atoms with E-state index in [1.54, 1.807) is 0 Å². The zero-order valence-corrected chi connectivity index (χ0v) is 16.4. The number of halogens is 1. The van der Waals surface area contributed by atoms with Crippen molar-refractivity contribution in [3.05, 3.63) is 0 Å². The maximum Gasteiger partial charge on any atom is 0.191 e. The molecule has 6 heteroatoms. The third-order valence-corrected chi connectivity index (χ3v) is 6.38. The van der Waals surface area contributed by atoms with Crippen LogP contribution in [0.1, 0.15) is 38.5 Å². The topological polar surface area (TPSA) is 54.9 Å². The van der Waals surface area contributed by atoms with Crippen LogP contribution in [-0.4, -0.2) is 51.5 Å². The molecule has 4 rings (SSSR count). The molecule has 23 heavy (non-hydrogen) atoms. The number of nitrogens with zero attached hydrogens (tertiary/aromatic N) is 1. The Balaban J connectivity index is 0.00000156. The van der Waals surface area contributed by atoms with Gasteiger partial charge in [-0.25, -0.2) is 0 Å². The molecule has 2 aliphatic heterocycles. The molecular weight excluding hydrogens is 405 g/mol. The lowest BCUT2D eigenvalue weighted by Gasteiger charge is -2.57. The van der Waals surface area contributed by atoms with E-state index in [0.29, 0.717) is 29.4 Å². The Morgan fingerprint density at radius 1 is 1.22 bits per heavy atom. The second-order valence-corrected chi connectivity index (χ2v) is 7.49. The summed E-state index contributed by atoms with van der Waals surface area (Å²) in [5.74, 6) is 2.28. The van der Waals surface area contributed by atoms with Gasteiger partial charge >= 0.3 is 0 Å². The van der Waals surface area contributed by atoms with Crippen molar-refractivity contribution in [2.24, 2.45) is 22.2 Å². The number of aliphatic imine (C=N–C) groups is 1. The van der Waals surface area contributed by atoms with E-state index < -0.39 is 0 Å². The van der Waals surface area contributed by atoms with Crippen molar-refractivity contribution >= 4 is 29.9 Å². The first-order valence-corrected chi connectivity index (χ1v) is 9.00. The molecule has 4 aliphatic rings. The van der Waals surface area contributed by atoms with Gasteiger partial charge in [-0.15, -0.1) is 24.0 Å². The lowest BCUT2D eigenvalue weighted by atomic mass is 9.54. The van der Waals surface area contributed by atoms with Crippen LogP contribution in [0.3, 0.4) is 0 Å². The first-order chi connectivity index (χ1) is 10.8. The van der Waals surface area contributed by atoms with E-state index in [2.05, 4.69) is 15.6 Å². The van der Waals surface area contributed by atoms with Gasteiger partial charge in [0.15, 0.2) is 5.96 Å². The molecule has 4 fully saturated rings. The molecule has 0 bridgehead atoms. The number of hydrogen-bond donors (Lipinski definition) is 2. The van der Waals surface area contributed by atoms with Crippen LogP contribution in [0, 0.1) is 17.3 Å². The number of hydrogen-bond acceptors (Lipinski definition) is 3. The molecule has 4 atom stereocenters. The molecule has 4 unspecified atom stereocenters. The summed E-state index contributed by atoms with van der Waals surface area (Å²) >= 11 is 0. The molecule has 2 heterocycles. The van der Waals surface area contributed by atoms with Crippen molar-refractivity contribution in [1.82, 2.24) is 10.6 Å². The monoisotopic (exact) mass is 435 g/mol. The Labute approximate surface area is 156 Å². The van der Waals surface area contributed by atoms with Crippen molar-refractivity contribution in [2.45, 2.75) is 50.7 Å². The fraction of sp³-hybridized carbons (Fsp3) is 0.941. The first kappa shape index (κ1) is 17.7. The van der Waals surface area contributed by atoms with Crippen LogP contribution >= 0.6 is 24.0 Å². The minimum absolute atomic E-state index is 0. The summed E-state index contributed by atoms with van der Waals surface area (Å²) in [7, 11) is 1.88. The molecule has 132 valence electrons. The fourth-order valence-electron chi connectivity index (χ4n) is 5.23. The Kier molecular flexibility index (Phi) is 5.73. The second kappa shape index (κ2) is 7.44. The molecule has 0 aromatic heterocycles. The zero-order valence-electron chi connectivity index (χ0n) is 14.1. The van der Waals surface area contributed by atoms with Crippen LogP contribution in [0.5, 0.6) is 0 Å². The lowest BCUT2D eigenvalue weighted by Crippen LogP contribution is -2.69. The highest BCUT2D eigenvalue weighted by Crippen LogP contribution is 2.60. The molecule has 2 saturated carbocycles. The van der Waals surface area contributed by atoms with E-state index in [9.17, 15) is 0 Å². The van der Waals surface area contributed by atoms with Crippen LogP contribution in [0.2, 0.25) is 0 Å². The minimum Gasteiger partial charge on any atom is -0.381 e. The molecule has 1 spiro atoms. The van der Waals surface area contributed by atoms with E-state index in [1.165, 1.54) is 32.1 Å². The third-order valence-electron chi connectivity index (χ3n) is 6.38. The quantitative estimate of drug-likeness (QED) is 0.406. The molecular formula is C17H30IN3O2. The maximum atomic E-state index is 6.06. The molecule has 0 aromatic rings. The summed E-state index contributed by atoms with van der Waals surface area (Å²) in [6, 6.07) is 0.550. The van der Waals surface area contributed by atoms with E-state index in [0.717, 1.165) is 38.7 Å². The Morgan fingerprint density at radius 3 is 2.74 bits per heavy atom. The van der Waals surface area contributed by atoms with Gasteiger partial charge in [-0.05, 0) is 25.7 Å². The molecule has 0 aromatic carbocycles. The summed E-state index contributed by atoms with van der Waals surface area (Å²) in [4.78, 5) is 4.45. The van der Waals surface area contributed by atoms with Crippen molar-refractivity contribution < 1.29 is 9.47 Å². The van der Waals surface area contributed by atoms with Crippen LogP contribution < -0.4 is 10.6 Å². The maximum absolute atomic E-state index is 6.06. The van der Waals surface area contributed by atoms with Gasteiger partial charge in [-0.3, -0.25) is 4.99 Å². The molecule has 5 nitrogen and oxygen atoms in total. The normalized spacial score (nSPS) is 38.0. The van der Waals surface area contributed by atoms with Crippen LogP contribution in [0.25, 0.3) is 0 Å². The van der Waals surface area contributed by atoms with Crippen molar-refractivity contribution in [3.63, 3.8) is 0 Å². The fourth-order valence-corrected chi connectivity index (χ4v) is 5.23. The molecule has 0 amide bonds.